The molecule has 0 amide bonds. The van der Waals surface area contributed by atoms with E-state index in [0.717, 1.165) is 52.6 Å². The number of fused-ring (bicyclic) bond motifs is 1. The van der Waals surface area contributed by atoms with Crippen LogP contribution in [0.25, 0.3) is 11.8 Å². The molecule has 0 bridgehead atoms. The van der Waals surface area contributed by atoms with Gasteiger partial charge in [0.1, 0.15) is 23.7 Å². The topological polar surface area (TPSA) is 73.3 Å². The van der Waals surface area contributed by atoms with Crippen molar-refractivity contribution >= 4 is 23.4 Å². The van der Waals surface area contributed by atoms with E-state index in [-0.39, 0.29) is 11.8 Å². The van der Waals surface area contributed by atoms with Crippen LogP contribution >= 0.6 is 0 Å². The Labute approximate surface area is 165 Å². The molecule has 1 fully saturated rings. The van der Waals surface area contributed by atoms with Crippen LogP contribution in [0.1, 0.15) is 36.5 Å². The van der Waals surface area contributed by atoms with Gasteiger partial charge in [0.2, 0.25) is 0 Å². The molecule has 0 radical (unpaired) electrons. The molecule has 6 heteroatoms. The molecule has 1 aliphatic heterocycles. The molecular weight excluding hydrogens is 350 g/mol. The predicted octanol–water partition coefficient (Wildman–Crippen LogP) is 4.34. The van der Waals surface area contributed by atoms with E-state index in [2.05, 4.69) is 51.7 Å². The fourth-order valence-corrected chi connectivity index (χ4v) is 3.71. The van der Waals surface area contributed by atoms with Crippen molar-refractivity contribution in [3.05, 3.63) is 66.3 Å². The van der Waals surface area contributed by atoms with Crippen LogP contribution in [0.2, 0.25) is 0 Å². The van der Waals surface area contributed by atoms with Crippen LogP contribution < -0.4 is 10.6 Å². The Bertz CT molecular complexity index is 977. The number of rotatable bonds is 6. The molecule has 0 saturated heterocycles. The van der Waals surface area contributed by atoms with Crippen molar-refractivity contribution in [1.82, 2.24) is 14.9 Å². The van der Waals surface area contributed by atoms with Crippen LogP contribution in [-0.4, -0.2) is 32.1 Å². The van der Waals surface area contributed by atoms with Crippen molar-refractivity contribution < 1.29 is 5.11 Å². The number of phenols is 1. The summed E-state index contributed by atoms with van der Waals surface area (Å²) in [6.07, 6.45) is 7.54. The van der Waals surface area contributed by atoms with Crippen LogP contribution in [0, 0.1) is 6.92 Å². The van der Waals surface area contributed by atoms with Crippen molar-refractivity contribution in [2.45, 2.75) is 38.8 Å². The van der Waals surface area contributed by atoms with Gasteiger partial charge in [0.05, 0.1) is 6.04 Å². The second-order valence-corrected chi connectivity index (χ2v) is 7.27. The smallest absolute Gasteiger partial charge is 0.138 e. The fourth-order valence-electron chi connectivity index (χ4n) is 3.71. The monoisotopic (exact) mass is 375 g/mol. The third-order valence-corrected chi connectivity index (χ3v) is 5.27. The van der Waals surface area contributed by atoms with Crippen LogP contribution in [-0.2, 0) is 0 Å². The van der Waals surface area contributed by atoms with Gasteiger partial charge in [-0.15, -0.1) is 0 Å². The third kappa shape index (κ3) is 3.11. The molecule has 2 aliphatic rings. The molecule has 3 N–H and O–H groups in total. The van der Waals surface area contributed by atoms with Gasteiger partial charge in [0.25, 0.3) is 0 Å². The van der Waals surface area contributed by atoms with Gasteiger partial charge in [-0.25, -0.2) is 9.97 Å². The summed E-state index contributed by atoms with van der Waals surface area (Å²) >= 11 is 0. The maximum Gasteiger partial charge on any atom is 0.138 e. The Hall–Kier alpha value is -3.28. The Kier molecular flexibility index (Phi) is 4.55. The Morgan fingerprint density at radius 2 is 2.04 bits per heavy atom. The van der Waals surface area contributed by atoms with E-state index in [1.54, 1.807) is 12.3 Å². The molecular formula is C22H25N5O. The highest BCUT2D eigenvalue weighted by molar-refractivity contribution is 5.82. The number of anilines is 2. The van der Waals surface area contributed by atoms with E-state index in [1.165, 1.54) is 6.33 Å². The minimum Gasteiger partial charge on any atom is -0.507 e. The largest absolute Gasteiger partial charge is 0.507 e. The lowest BCUT2D eigenvalue weighted by Gasteiger charge is -2.37. The molecule has 1 aromatic carbocycles. The maximum absolute atomic E-state index is 10.4. The highest BCUT2D eigenvalue weighted by atomic mass is 16.3. The number of aromatic hydroxyl groups is 1. The van der Waals surface area contributed by atoms with E-state index in [4.69, 9.17) is 0 Å². The standard InChI is InChI=1S/C22H25N5O/c1-5-23-21-13(2)22(25-12-24-21)26-14(3)18-11-16-7-6-8-19(28)20(16)15(4)27(18)17-9-10-17/h5-8,11-12,14,17,28H,1,4,9-10H2,2-3H3,(H2,23,24,25,26)/t14-/m0/s1. The van der Waals surface area contributed by atoms with Crippen LogP contribution in [0.4, 0.5) is 11.6 Å². The van der Waals surface area contributed by atoms with Gasteiger partial charge in [-0.3, -0.25) is 0 Å². The second-order valence-electron chi connectivity index (χ2n) is 7.27. The molecule has 1 aliphatic carbocycles. The first-order valence-electron chi connectivity index (χ1n) is 9.49. The van der Waals surface area contributed by atoms with E-state index < -0.39 is 0 Å². The van der Waals surface area contributed by atoms with E-state index >= 15 is 0 Å². The molecule has 0 spiro atoms. The zero-order valence-corrected chi connectivity index (χ0v) is 16.2. The highest BCUT2D eigenvalue weighted by Crippen LogP contribution is 2.44. The van der Waals surface area contributed by atoms with Gasteiger partial charge in [-0.2, -0.15) is 0 Å². The van der Waals surface area contributed by atoms with Crippen LogP contribution in [0.15, 0.2) is 49.6 Å². The van der Waals surface area contributed by atoms with Gasteiger partial charge < -0.3 is 20.6 Å². The highest BCUT2D eigenvalue weighted by Gasteiger charge is 2.37. The number of nitrogens with zero attached hydrogens (tertiary/aromatic N) is 3. The van der Waals surface area contributed by atoms with Crippen molar-refractivity contribution in [2.24, 2.45) is 0 Å². The number of nitrogens with one attached hydrogen (secondary N) is 2. The van der Waals surface area contributed by atoms with Crippen LogP contribution in [0.3, 0.4) is 0 Å². The average Bonchev–Trinajstić information content (AvgIpc) is 3.49. The fraction of sp³-hybridized carbons (Fsp3) is 0.273. The van der Waals surface area contributed by atoms with E-state index in [9.17, 15) is 5.11 Å². The Morgan fingerprint density at radius 1 is 1.29 bits per heavy atom. The van der Waals surface area contributed by atoms with Gasteiger partial charge in [-0.05, 0) is 50.6 Å². The number of hydrogen-bond acceptors (Lipinski definition) is 6. The molecule has 144 valence electrons. The molecule has 4 rings (SSSR count). The summed E-state index contributed by atoms with van der Waals surface area (Å²) in [5.41, 5.74) is 4.72. The zero-order chi connectivity index (χ0) is 19.8. The van der Waals surface area contributed by atoms with Gasteiger partial charge in [0, 0.05) is 28.6 Å². The average molecular weight is 375 g/mol. The van der Waals surface area contributed by atoms with Crippen molar-refractivity contribution in [2.75, 3.05) is 10.6 Å². The quantitative estimate of drug-likeness (QED) is 0.698. The molecule has 6 nitrogen and oxygen atoms in total. The zero-order valence-electron chi connectivity index (χ0n) is 16.2. The van der Waals surface area contributed by atoms with Crippen molar-refractivity contribution in [3.8, 4) is 5.75 Å². The molecule has 1 saturated carbocycles. The summed E-state index contributed by atoms with van der Waals surface area (Å²) in [7, 11) is 0. The third-order valence-electron chi connectivity index (χ3n) is 5.27. The lowest BCUT2D eigenvalue weighted by atomic mass is 9.95. The maximum atomic E-state index is 10.4. The second kappa shape index (κ2) is 7.03. The lowest BCUT2D eigenvalue weighted by molar-refractivity contribution is 0.439. The van der Waals surface area contributed by atoms with E-state index in [0.29, 0.717) is 6.04 Å². The van der Waals surface area contributed by atoms with Gasteiger partial charge >= 0.3 is 0 Å². The summed E-state index contributed by atoms with van der Waals surface area (Å²) in [4.78, 5) is 10.9. The summed E-state index contributed by atoms with van der Waals surface area (Å²) in [5, 5.41) is 16.9. The molecule has 0 unspecified atom stereocenters. The Balaban J connectivity index is 1.70. The molecule has 2 aromatic rings. The number of hydrogen-bond donors (Lipinski definition) is 3. The summed E-state index contributed by atoms with van der Waals surface area (Å²) in [6, 6.07) is 6.02. The lowest BCUT2D eigenvalue weighted by Crippen LogP contribution is -2.35. The SMILES string of the molecule is C=CNc1ncnc(N[C@@H](C)C2=Cc3cccc(O)c3C(=C)N2C2CC2)c1C. The number of aromatic nitrogens is 2. The first-order chi connectivity index (χ1) is 13.5. The number of benzene rings is 1. The first-order valence-corrected chi connectivity index (χ1v) is 9.49. The summed E-state index contributed by atoms with van der Waals surface area (Å²) in [5.74, 6) is 1.78. The molecule has 28 heavy (non-hydrogen) atoms. The molecule has 2 heterocycles. The summed E-state index contributed by atoms with van der Waals surface area (Å²) in [6.45, 7) is 12.1. The summed E-state index contributed by atoms with van der Waals surface area (Å²) < 4.78 is 0. The van der Waals surface area contributed by atoms with Crippen molar-refractivity contribution in [3.63, 3.8) is 0 Å². The number of phenolic OH excluding ortho intramolecular Hbond substituents is 1. The van der Waals surface area contributed by atoms with Crippen LogP contribution in [0.5, 0.6) is 5.75 Å². The van der Waals surface area contributed by atoms with E-state index in [1.807, 2.05) is 19.1 Å². The minimum absolute atomic E-state index is 0.00182. The molecule has 1 aromatic heterocycles. The predicted molar refractivity (Wildman–Crippen MR) is 114 cm³/mol. The molecule has 1 atom stereocenters. The minimum atomic E-state index is -0.00182. The van der Waals surface area contributed by atoms with Gasteiger partial charge in [0.15, 0.2) is 0 Å². The Morgan fingerprint density at radius 3 is 2.75 bits per heavy atom. The van der Waals surface area contributed by atoms with Gasteiger partial charge in [-0.1, -0.05) is 25.3 Å². The normalized spacial score (nSPS) is 16.9. The van der Waals surface area contributed by atoms with Crippen molar-refractivity contribution in [1.29, 1.82) is 0 Å². The first kappa shape index (κ1) is 18.1.